The summed E-state index contributed by atoms with van der Waals surface area (Å²) in [5.41, 5.74) is -0.379. The van der Waals surface area contributed by atoms with Crippen molar-refractivity contribution in [2.24, 2.45) is 0 Å². The van der Waals surface area contributed by atoms with Crippen LogP contribution in [0.25, 0.3) is 0 Å². The molecular formula is C14H18N2O7. The highest BCUT2D eigenvalue weighted by Crippen LogP contribution is 2.28. The van der Waals surface area contributed by atoms with Gasteiger partial charge in [-0.25, -0.2) is 4.79 Å². The molecule has 23 heavy (non-hydrogen) atoms. The average Bonchev–Trinajstić information content (AvgIpc) is 2.53. The highest BCUT2D eigenvalue weighted by molar-refractivity contribution is 5.92. The summed E-state index contributed by atoms with van der Waals surface area (Å²) in [5, 5.41) is 13.5. The van der Waals surface area contributed by atoms with Crippen molar-refractivity contribution in [1.29, 1.82) is 0 Å². The number of nitro groups is 1. The first-order chi connectivity index (χ1) is 11.0. The molecule has 0 aliphatic rings. The molecule has 126 valence electrons. The lowest BCUT2D eigenvalue weighted by Gasteiger charge is -2.08. The number of nitrogens with zero attached hydrogens (tertiary/aromatic N) is 1. The molecule has 0 aliphatic heterocycles. The molecule has 0 bridgehead atoms. The van der Waals surface area contributed by atoms with Crippen LogP contribution in [0.1, 0.15) is 17.3 Å². The van der Waals surface area contributed by atoms with Gasteiger partial charge in [-0.15, -0.1) is 0 Å². The molecule has 1 rings (SSSR count). The molecule has 0 aliphatic carbocycles. The summed E-state index contributed by atoms with van der Waals surface area (Å²) in [6.07, 6.45) is 0. The van der Waals surface area contributed by atoms with Crippen molar-refractivity contribution >= 4 is 17.6 Å². The Morgan fingerprint density at radius 3 is 2.70 bits per heavy atom. The molecular weight excluding hydrogens is 308 g/mol. The second kappa shape index (κ2) is 9.36. The summed E-state index contributed by atoms with van der Waals surface area (Å²) < 4.78 is 14.7. The first kappa shape index (κ1) is 18.4. The van der Waals surface area contributed by atoms with Crippen LogP contribution in [0.4, 0.5) is 5.69 Å². The van der Waals surface area contributed by atoms with Gasteiger partial charge in [0.2, 0.25) is 0 Å². The van der Waals surface area contributed by atoms with Gasteiger partial charge in [0, 0.05) is 19.7 Å². The molecule has 1 N–H and O–H groups in total. The zero-order valence-corrected chi connectivity index (χ0v) is 12.9. The molecule has 0 fully saturated rings. The van der Waals surface area contributed by atoms with Crippen molar-refractivity contribution in [2.75, 3.05) is 33.5 Å². The number of carbonyl (C=O) groups is 2. The number of esters is 1. The average molecular weight is 326 g/mol. The Labute approximate surface area is 132 Å². The van der Waals surface area contributed by atoms with Crippen molar-refractivity contribution in [3.8, 4) is 5.75 Å². The van der Waals surface area contributed by atoms with Gasteiger partial charge in [0.1, 0.15) is 0 Å². The first-order valence-electron chi connectivity index (χ1n) is 6.83. The molecule has 0 aromatic heterocycles. The van der Waals surface area contributed by atoms with Crippen molar-refractivity contribution in [3.05, 3.63) is 33.9 Å². The Hall–Kier alpha value is -2.68. The molecule has 0 radical (unpaired) electrons. The maximum Gasteiger partial charge on any atom is 0.338 e. The van der Waals surface area contributed by atoms with E-state index in [1.807, 2.05) is 0 Å². The zero-order chi connectivity index (χ0) is 17.2. The van der Waals surface area contributed by atoms with E-state index in [4.69, 9.17) is 14.2 Å². The van der Waals surface area contributed by atoms with Crippen LogP contribution in [0.3, 0.4) is 0 Å². The summed E-state index contributed by atoms with van der Waals surface area (Å²) in [4.78, 5) is 33.6. The quantitative estimate of drug-likeness (QED) is 0.310. The molecule has 0 saturated heterocycles. The smallest absolute Gasteiger partial charge is 0.338 e. The van der Waals surface area contributed by atoms with Gasteiger partial charge in [0.05, 0.1) is 23.7 Å². The van der Waals surface area contributed by atoms with Crippen LogP contribution in [0, 0.1) is 10.1 Å². The molecule has 1 aromatic carbocycles. The summed E-state index contributed by atoms with van der Waals surface area (Å²) in [6.45, 7) is 2.09. The highest BCUT2D eigenvalue weighted by atomic mass is 16.6. The second-order valence-corrected chi connectivity index (χ2v) is 4.29. The van der Waals surface area contributed by atoms with Crippen LogP contribution in [0.15, 0.2) is 18.2 Å². The van der Waals surface area contributed by atoms with Crippen LogP contribution < -0.4 is 10.1 Å². The Morgan fingerprint density at radius 1 is 1.35 bits per heavy atom. The zero-order valence-electron chi connectivity index (χ0n) is 12.9. The van der Waals surface area contributed by atoms with Crippen LogP contribution in [-0.4, -0.2) is 50.3 Å². The maximum absolute atomic E-state index is 11.8. The van der Waals surface area contributed by atoms with Crippen LogP contribution in [0.5, 0.6) is 5.75 Å². The van der Waals surface area contributed by atoms with Gasteiger partial charge in [-0.1, -0.05) is 0 Å². The highest BCUT2D eigenvalue weighted by Gasteiger charge is 2.19. The number of nitrogens with one attached hydrogen (secondary N) is 1. The molecule has 0 unspecified atom stereocenters. The molecule has 0 heterocycles. The van der Waals surface area contributed by atoms with Gasteiger partial charge < -0.3 is 19.5 Å². The van der Waals surface area contributed by atoms with E-state index in [0.29, 0.717) is 13.2 Å². The fourth-order valence-electron chi connectivity index (χ4n) is 1.62. The van der Waals surface area contributed by atoms with E-state index < -0.39 is 23.4 Å². The molecule has 9 nitrogen and oxygen atoms in total. The molecule has 0 spiro atoms. The van der Waals surface area contributed by atoms with E-state index in [2.05, 4.69) is 5.32 Å². The van der Waals surface area contributed by atoms with E-state index in [1.54, 1.807) is 6.92 Å². The van der Waals surface area contributed by atoms with Gasteiger partial charge >= 0.3 is 11.7 Å². The predicted molar refractivity (Wildman–Crippen MR) is 79.4 cm³/mol. The van der Waals surface area contributed by atoms with Crippen LogP contribution >= 0.6 is 0 Å². The lowest BCUT2D eigenvalue weighted by atomic mass is 10.2. The third kappa shape index (κ3) is 5.91. The van der Waals surface area contributed by atoms with Crippen molar-refractivity contribution in [1.82, 2.24) is 5.32 Å². The van der Waals surface area contributed by atoms with Gasteiger partial charge in [-0.3, -0.25) is 14.9 Å². The fraction of sp³-hybridized carbons (Fsp3) is 0.429. The van der Waals surface area contributed by atoms with E-state index in [0.717, 1.165) is 6.07 Å². The summed E-state index contributed by atoms with van der Waals surface area (Å²) in [5.74, 6) is -1.26. The monoisotopic (exact) mass is 326 g/mol. The standard InChI is InChI=1S/C14H18N2O7/c1-3-22-12-5-4-10(8-11(12)16(19)20)14(18)23-9-13(17)15-6-7-21-2/h4-5,8H,3,6-7,9H2,1-2H3,(H,15,17). The van der Waals surface area contributed by atoms with Crippen molar-refractivity contribution < 1.29 is 28.7 Å². The number of hydrogen-bond acceptors (Lipinski definition) is 7. The van der Waals surface area contributed by atoms with E-state index >= 15 is 0 Å². The molecule has 1 amide bonds. The summed E-state index contributed by atoms with van der Waals surface area (Å²) in [7, 11) is 1.49. The predicted octanol–water partition coefficient (Wildman–Crippen LogP) is 0.913. The summed E-state index contributed by atoms with van der Waals surface area (Å²) in [6, 6.07) is 3.70. The van der Waals surface area contributed by atoms with E-state index in [1.165, 1.54) is 19.2 Å². The fourth-order valence-corrected chi connectivity index (χ4v) is 1.62. The number of methoxy groups -OCH3 is 1. The topological polar surface area (TPSA) is 117 Å². The van der Waals surface area contributed by atoms with Crippen LogP contribution in [-0.2, 0) is 14.3 Å². The van der Waals surface area contributed by atoms with Crippen molar-refractivity contribution in [3.63, 3.8) is 0 Å². The SMILES string of the molecule is CCOc1ccc(C(=O)OCC(=O)NCCOC)cc1[N+](=O)[O-]. The van der Waals surface area contributed by atoms with E-state index in [9.17, 15) is 19.7 Å². The minimum absolute atomic E-state index is 0.0372. The molecule has 1 aromatic rings. The minimum Gasteiger partial charge on any atom is -0.487 e. The van der Waals surface area contributed by atoms with Gasteiger partial charge in [0.25, 0.3) is 5.91 Å². The van der Waals surface area contributed by atoms with Crippen molar-refractivity contribution in [2.45, 2.75) is 6.92 Å². The Bertz CT molecular complexity index is 574. The number of carbonyl (C=O) groups excluding carboxylic acids is 2. The largest absolute Gasteiger partial charge is 0.487 e. The number of nitro benzene ring substituents is 1. The Kier molecular flexibility index (Phi) is 7.48. The normalized spacial score (nSPS) is 10.0. The summed E-state index contributed by atoms with van der Waals surface area (Å²) >= 11 is 0. The van der Waals surface area contributed by atoms with Gasteiger partial charge in [-0.05, 0) is 19.1 Å². The van der Waals surface area contributed by atoms with Gasteiger partial charge in [-0.2, -0.15) is 0 Å². The first-order valence-corrected chi connectivity index (χ1v) is 6.83. The number of rotatable bonds is 9. The second-order valence-electron chi connectivity index (χ2n) is 4.29. The third-order valence-electron chi connectivity index (χ3n) is 2.65. The lowest BCUT2D eigenvalue weighted by molar-refractivity contribution is -0.385. The minimum atomic E-state index is -0.835. The number of amides is 1. The van der Waals surface area contributed by atoms with E-state index in [-0.39, 0.29) is 23.6 Å². The number of benzene rings is 1. The molecule has 9 heteroatoms. The lowest BCUT2D eigenvalue weighted by Crippen LogP contribution is -2.31. The molecule has 0 atom stereocenters. The number of hydrogen-bond donors (Lipinski definition) is 1. The van der Waals surface area contributed by atoms with Crippen LogP contribution in [0.2, 0.25) is 0 Å². The maximum atomic E-state index is 11.8. The molecule has 0 saturated carbocycles. The Balaban J connectivity index is 2.67. The van der Waals surface area contributed by atoms with Gasteiger partial charge in [0.15, 0.2) is 12.4 Å². The third-order valence-corrected chi connectivity index (χ3v) is 2.65. The number of ether oxygens (including phenoxy) is 3. The Morgan fingerprint density at radius 2 is 2.09 bits per heavy atom.